The smallest absolute Gasteiger partial charge is 0.246 e. The summed E-state index contributed by atoms with van der Waals surface area (Å²) in [6, 6.07) is 4.52. The molecule has 2 aromatic carbocycles. The van der Waals surface area contributed by atoms with E-state index in [9.17, 15) is 57.8 Å². The van der Waals surface area contributed by atoms with Crippen molar-refractivity contribution in [1.29, 1.82) is 0 Å². The van der Waals surface area contributed by atoms with E-state index in [-0.39, 0.29) is 74.8 Å². The van der Waals surface area contributed by atoms with Gasteiger partial charge in [-0.15, -0.1) is 0 Å². The van der Waals surface area contributed by atoms with E-state index >= 15 is 0 Å². The molecule has 2 heterocycles. The molecule has 0 spiro atoms. The monoisotopic (exact) mass is 1070 g/mol. The number of hydrogen-bond donors (Lipinski definition) is 13. The number of rotatable bonds is 19. The molecule has 7 atom stereocenters. The van der Waals surface area contributed by atoms with Gasteiger partial charge >= 0.3 is 0 Å². The Labute approximate surface area is 433 Å². The van der Waals surface area contributed by atoms with Crippen molar-refractivity contribution in [2.75, 3.05) is 31.1 Å². The van der Waals surface area contributed by atoms with Gasteiger partial charge in [0, 0.05) is 50.3 Å². The quantitative estimate of drug-likeness (QED) is 0.0274. The molecule has 402 valence electrons. The second-order valence-corrected chi connectivity index (χ2v) is 20.0. The molecule has 2 aliphatic heterocycles. The largest absolute Gasteiger partial charge is 0.508 e. The van der Waals surface area contributed by atoms with Crippen LogP contribution in [0.1, 0.15) is 62.5 Å². The van der Waals surface area contributed by atoms with Crippen molar-refractivity contribution in [3.63, 3.8) is 0 Å². The molecule has 74 heavy (non-hydrogen) atoms. The van der Waals surface area contributed by atoms with Crippen molar-refractivity contribution in [2.45, 2.75) is 107 Å². The number of guanidine groups is 1. The molecule has 0 radical (unpaired) electrons. The van der Waals surface area contributed by atoms with Gasteiger partial charge in [-0.05, 0) is 55.4 Å². The van der Waals surface area contributed by atoms with E-state index in [4.69, 9.17) is 28.7 Å². The van der Waals surface area contributed by atoms with E-state index < -0.39 is 133 Å². The number of phenolic OH excluding ortho intramolecular Hbond substituents is 1. The number of nitrogens with two attached hydrogens (primary N) is 5. The molecular formula is C46H64N14O12S2. The Morgan fingerprint density at radius 3 is 1.97 bits per heavy atom. The Morgan fingerprint density at radius 2 is 1.34 bits per heavy atom. The van der Waals surface area contributed by atoms with Crippen LogP contribution in [0.4, 0.5) is 0 Å². The highest BCUT2D eigenvalue weighted by Crippen LogP contribution is 2.26. The van der Waals surface area contributed by atoms with Gasteiger partial charge in [0.15, 0.2) is 5.96 Å². The van der Waals surface area contributed by atoms with Crippen LogP contribution in [0.25, 0.3) is 0 Å². The number of primary amides is 3. The number of carbonyl (C=O) groups excluding carboxylic acids is 11. The zero-order valence-corrected chi connectivity index (χ0v) is 42.0. The highest BCUT2D eigenvalue weighted by atomic mass is 33.1. The van der Waals surface area contributed by atoms with Gasteiger partial charge in [0.2, 0.25) is 65.0 Å². The summed E-state index contributed by atoms with van der Waals surface area (Å²) in [4.78, 5) is 153. The second-order valence-electron chi connectivity index (χ2n) is 17.3. The fourth-order valence-electron chi connectivity index (χ4n) is 7.78. The maximum absolute atomic E-state index is 14.6. The van der Waals surface area contributed by atoms with E-state index in [0.717, 1.165) is 21.6 Å². The lowest BCUT2D eigenvalue weighted by atomic mass is 10.0. The molecule has 2 fully saturated rings. The van der Waals surface area contributed by atoms with Gasteiger partial charge in [-0.2, -0.15) is 0 Å². The molecule has 0 saturated carbocycles. The van der Waals surface area contributed by atoms with Crippen LogP contribution in [0.3, 0.4) is 0 Å². The number of nitrogens with one attached hydrogen (secondary N) is 7. The van der Waals surface area contributed by atoms with Crippen molar-refractivity contribution in [3.05, 3.63) is 65.7 Å². The molecule has 0 bridgehead atoms. The molecule has 11 amide bonds. The first-order chi connectivity index (χ1) is 35.2. The van der Waals surface area contributed by atoms with Crippen LogP contribution in [-0.4, -0.2) is 154 Å². The lowest BCUT2D eigenvalue weighted by Crippen LogP contribution is -2.61. The third-order valence-electron chi connectivity index (χ3n) is 11.5. The van der Waals surface area contributed by atoms with Gasteiger partial charge in [-0.3, -0.25) is 57.7 Å². The van der Waals surface area contributed by atoms with Gasteiger partial charge in [-0.25, -0.2) is 0 Å². The highest BCUT2D eigenvalue weighted by Gasteiger charge is 2.40. The standard InChI is InChI=1S/C46H64N14O12S2/c47-35(62)15-14-29-40(67)58-32(22-36(48)63)43(70)59-33(45(72)60-18-5-9-34(60)44(71)56-28(8-4-17-52-46(50)51)39(66)53-23-37(49)64)24-74-73-19-16-38(65)54-30(21-26-10-12-27(61)13-11-26)41(68)57-31(42(69)55-29)20-25-6-2-1-3-7-25/h1-3,6-7,10-13,28-34,61H,4-5,8-9,14-24H2,(H2,47,62)(H2,48,63)(H2,49,64)(H,53,66)(H,54,65)(H,55,69)(H,56,71)(H,57,68)(H,58,67)(H,59,70)(H4,50,51,52)/t28-,29+,30?,31+,32?,33?,34+/m1/s1. The zero-order valence-electron chi connectivity index (χ0n) is 40.4. The Hall–Kier alpha value is -7.62. The van der Waals surface area contributed by atoms with Crippen molar-refractivity contribution in [1.82, 2.24) is 42.1 Å². The number of hydrogen-bond acceptors (Lipinski definition) is 15. The highest BCUT2D eigenvalue weighted by molar-refractivity contribution is 8.76. The van der Waals surface area contributed by atoms with Gasteiger partial charge in [0.25, 0.3) is 0 Å². The number of carbonyl (C=O) groups is 11. The van der Waals surface area contributed by atoms with Crippen LogP contribution in [-0.2, 0) is 65.6 Å². The lowest BCUT2D eigenvalue weighted by Gasteiger charge is -2.31. The Balaban J connectivity index is 1.68. The molecule has 3 unspecified atom stereocenters. The minimum absolute atomic E-state index is 0.0128. The molecule has 2 aliphatic rings. The van der Waals surface area contributed by atoms with Crippen molar-refractivity contribution in [3.8, 4) is 5.75 Å². The number of phenols is 1. The van der Waals surface area contributed by atoms with E-state index in [1.807, 2.05) is 0 Å². The molecule has 2 aromatic rings. The number of likely N-dealkylation sites (tertiary alicyclic amines) is 1. The van der Waals surface area contributed by atoms with E-state index in [2.05, 4.69) is 42.2 Å². The van der Waals surface area contributed by atoms with E-state index in [0.29, 0.717) is 17.5 Å². The SMILES string of the molecule is NC(=O)CC[C@@H]1NC(=O)[C@H](Cc2ccccc2)NC(=O)C(Cc2ccc(O)cc2)NC(=O)CCSSCC(C(=O)N2CCC[C@H]2C(=O)N[C@H](CCCN=C(N)N)C(=O)NCC(N)=O)NC(=O)C(CC(N)=O)NC1=O. The molecule has 2 saturated heterocycles. The molecular weight excluding hydrogens is 1000 g/mol. The summed E-state index contributed by atoms with van der Waals surface area (Å²) in [7, 11) is 2.19. The third kappa shape index (κ3) is 20.1. The topological polar surface area (TPSA) is 438 Å². The molecule has 4 rings (SSSR count). The summed E-state index contributed by atoms with van der Waals surface area (Å²) in [5.41, 5.74) is 28.1. The number of aromatic hydroxyl groups is 1. The minimum atomic E-state index is -1.77. The maximum Gasteiger partial charge on any atom is 0.246 e. The van der Waals surface area contributed by atoms with Gasteiger partial charge in [0.05, 0.1) is 13.0 Å². The Morgan fingerprint density at radius 1 is 0.730 bits per heavy atom. The molecule has 26 nitrogen and oxygen atoms in total. The second kappa shape index (κ2) is 29.8. The summed E-state index contributed by atoms with van der Waals surface area (Å²) < 4.78 is 0. The number of benzene rings is 2. The van der Waals surface area contributed by atoms with Crippen LogP contribution in [0.15, 0.2) is 59.6 Å². The summed E-state index contributed by atoms with van der Waals surface area (Å²) in [6.45, 7) is -0.402. The van der Waals surface area contributed by atoms with Crippen LogP contribution < -0.4 is 65.9 Å². The molecule has 0 aromatic heterocycles. The van der Waals surface area contributed by atoms with Crippen molar-refractivity contribution in [2.24, 2.45) is 33.7 Å². The molecule has 28 heteroatoms. The Bertz CT molecular complexity index is 2380. The average Bonchev–Trinajstić information content (AvgIpc) is 3.85. The summed E-state index contributed by atoms with van der Waals surface area (Å²) in [5, 5.41) is 27.8. The number of aliphatic imine (C=N–C) groups is 1. The summed E-state index contributed by atoms with van der Waals surface area (Å²) in [5.74, 6) is -9.75. The Kier molecular flexibility index (Phi) is 23.7. The maximum atomic E-state index is 14.6. The third-order valence-corrected chi connectivity index (χ3v) is 13.9. The fourth-order valence-corrected chi connectivity index (χ4v) is 9.93. The van der Waals surface area contributed by atoms with Crippen molar-refractivity contribution >= 4 is 92.5 Å². The number of nitrogens with zero attached hydrogens (tertiary/aromatic N) is 2. The molecule has 0 aliphatic carbocycles. The first kappa shape index (κ1) is 58.9. The minimum Gasteiger partial charge on any atom is -0.508 e. The van der Waals surface area contributed by atoms with Gasteiger partial charge in [-0.1, -0.05) is 64.1 Å². The zero-order chi connectivity index (χ0) is 54.3. The van der Waals surface area contributed by atoms with Gasteiger partial charge in [0.1, 0.15) is 48.0 Å². The summed E-state index contributed by atoms with van der Waals surface area (Å²) in [6.07, 6.45) is -1.34. The van der Waals surface area contributed by atoms with Crippen LogP contribution in [0, 0.1) is 0 Å². The van der Waals surface area contributed by atoms with E-state index in [1.54, 1.807) is 42.5 Å². The predicted molar refractivity (Wildman–Crippen MR) is 272 cm³/mol. The van der Waals surface area contributed by atoms with Crippen LogP contribution in [0.5, 0.6) is 5.75 Å². The average molecular weight is 1070 g/mol. The lowest BCUT2D eigenvalue weighted by molar-refractivity contribution is -0.142. The number of amides is 11. The first-order valence-corrected chi connectivity index (χ1v) is 26.0. The van der Waals surface area contributed by atoms with Crippen LogP contribution in [0.2, 0.25) is 0 Å². The van der Waals surface area contributed by atoms with Gasteiger partial charge < -0.3 is 75.9 Å². The van der Waals surface area contributed by atoms with Crippen molar-refractivity contribution < 1.29 is 57.8 Å². The fraction of sp³-hybridized carbons (Fsp3) is 0.478. The van der Waals surface area contributed by atoms with Crippen LogP contribution >= 0.6 is 21.6 Å². The molecule has 18 N–H and O–H groups in total. The predicted octanol–water partition coefficient (Wildman–Crippen LogP) is -4.34. The summed E-state index contributed by atoms with van der Waals surface area (Å²) >= 11 is 0. The normalized spacial score (nSPS) is 21.7. The van der Waals surface area contributed by atoms with E-state index in [1.165, 1.54) is 17.0 Å². The first-order valence-electron chi connectivity index (χ1n) is 23.6.